The highest BCUT2D eigenvalue weighted by Gasteiger charge is 2.65. The average Bonchev–Trinajstić information content (AvgIpc) is 1.56. The predicted octanol–water partition coefficient (Wildman–Crippen LogP) is 9.67. The van der Waals surface area contributed by atoms with Gasteiger partial charge in [0, 0.05) is 85.9 Å². The number of aromatic nitrogens is 4. The van der Waals surface area contributed by atoms with E-state index in [1.165, 1.54) is 25.7 Å². The van der Waals surface area contributed by atoms with Crippen molar-refractivity contribution in [1.82, 2.24) is 43.3 Å². The van der Waals surface area contributed by atoms with E-state index in [1.807, 2.05) is 37.8 Å². The zero-order valence-corrected chi connectivity index (χ0v) is 71.1. The number of sulfone groups is 2. The van der Waals surface area contributed by atoms with Crippen LogP contribution in [-0.2, 0) is 70.6 Å². The van der Waals surface area contributed by atoms with Crippen LogP contribution in [0.3, 0.4) is 0 Å². The summed E-state index contributed by atoms with van der Waals surface area (Å²) >= 11 is 0. The van der Waals surface area contributed by atoms with Crippen molar-refractivity contribution in [2.45, 2.75) is 246 Å². The maximum atomic E-state index is 13.1. The number of rotatable bonds is 22. The molecule has 2 aromatic heterocycles. The van der Waals surface area contributed by atoms with Gasteiger partial charge in [-0.2, -0.15) is 0 Å². The Morgan fingerprint density at radius 2 is 1.02 bits per heavy atom. The normalized spacial score (nSPS) is 32.1. The van der Waals surface area contributed by atoms with Gasteiger partial charge in [-0.05, 0) is 123 Å². The summed E-state index contributed by atoms with van der Waals surface area (Å²) in [5, 5.41) is 5.59. The summed E-state index contributed by atoms with van der Waals surface area (Å²) in [6.45, 7) is 24.4. The summed E-state index contributed by atoms with van der Waals surface area (Å²) in [5.41, 5.74) is 0.966. The topological polar surface area (TPSA) is 312 Å². The van der Waals surface area contributed by atoms with E-state index in [2.05, 4.69) is 117 Å². The molecule has 2 bridgehead atoms. The number of fused-ring (bicyclic) bond motifs is 5. The van der Waals surface area contributed by atoms with Crippen molar-refractivity contribution in [2.75, 3.05) is 37.7 Å². The standard InChI is InChI=1S/C31H38N3O6PSi.C25H34N3O6PS.C24H32N3O7PS/c1-4-31-20-37-26(29(38-31)33-18-21(2)28(35)32-30(33)36)27(31)40-41-34-17-11-16-24(34)25(39-41)19-42(3,22-12-7-5-8-13-22)23-14-9-6-10-15-23;1-5-21-22(13-24(32-21)27-14-17(3)25(29)26-18(27)4)33-35-28-12-6-7-20(28)23(34-35)15-36(30,31)19-10-8-16(2)9-11-19;1-4-19-20(12-22(32-19)26-13-16(3)23(28)25-24(26)29)33-35-27-11-5-6-18(27)21(34-35)14-36(30,31)17-9-7-15(2)8-10-17/h5-10,12-15,18,24-27,29H,4,11,16-17,19-20H2,1-3H3,(H,32,35,36);8-11,14,20-24H,4-7,12-13,15H2,1-3H3,(H,26,29);7-10,13,18-22H,4-6,11-12,14H2,1-3H3,(H,25,28,29)/t24-,25+,26+,27?,29-,31+,41+;20-,21+,22?,23+,24+,35-;18-,19-,20?,21+,22-,35-/m101/s1. The van der Waals surface area contributed by atoms with Gasteiger partial charge in [0.05, 0.1) is 70.6 Å². The molecule has 13 heterocycles. The maximum absolute atomic E-state index is 13.1. The molecule has 1 amide bonds. The molecule has 17 rings (SSSR count). The van der Waals surface area contributed by atoms with E-state index in [0.717, 1.165) is 81.8 Å². The molecule has 3 N–H and O–H groups in total. The number of H-pyrrole nitrogens is 2. The smallest absolute Gasteiger partial charge is 0.330 e. The van der Waals surface area contributed by atoms with E-state index in [1.54, 1.807) is 69.6 Å². The van der Waals surface area contributed by atoms with E-state index >= 15 is 0 Å². The van der Waals surface area contributed by atoms with Gasteiger partial charge >= 0.3 is 11.4 Å². The van der Waals surface area contributed by atoms with Crippen LogP contribution in [0.1, 0.15) is 133 Å². The fourth-order valence-electron chi connectivity index (χ4n) is 17.7. The molecule has 19 atom stereocenters. The van der Waals surface area contributed by atoms with Crippen molar-refractivity contribution in [1.29, 1.82) is 0 Å². The van der Waals surface area contributed by atoms with E-state index in [0.29, 0.717) is 70.6 Å². The molecule has 0 spiro atoms. The van der Waals surface area contributed by atoms with Crippen LogP contribution in [0.15, 0.2) is 175 Å². The largest absolute Gasteiger partial charge is 0.368 e. The Bertz CT molecular complexity index is 4980. The molecule has 28 nitrogen and oxygen atoms in total. The van der Waals surface area contributed by atoms with Crippen LogP contribution < -0.4 is 38.2 Å². The Hall–Kier alpha value is -6.12. The number of benzene rings is 4. The number of carbonyl (C=O) groups is 1. The number of amides is 1. The zero-order chi connectivity index (χ0) is 80.3. The Labute approximate surface area is 669 Å². The number of carbonyl (C=O) groups excluding carboxylic acids is 1. The number of nitrogens with zero attached hydrogens (tertiary/aromatic N) is 6. The predicted molar refractivity (Wildman–Crippen MR) is 434 cm³/mol. The van der Waals surface area contributed by atoms with Crippen molar-refractivity contribution in [3.05, 3.63) is 210 Å². The lowest BCUT2D eigenvalue weighted by molar-refractivity contribution is -0.175. The number of hydrogen-bond acceptors (Lipinski definition) is 23. The van der Waals surface area contributed by atoms with Gasteiger partial charge < -0.3 is 56.3 Å². The summed E-state index contributed by atoms with van der Waals surface area (Å²) in [7, 11) is -13.3. The highest BCUT2D eigenvalue weighted by Crippen LogP contribution is 2.63. The van der Waals surface area contributed by atoms with Crippen molar-refractivity contribution >= 4 is 69.6 Å². The van der Waals surface area contributed by atoms with Gasteiger partial charge in [-0.25, -0.2) is 40.4 Å². The third-order valence-corrected chi connectivity index (χ3v) is 37.6. The lowest BCUT2D eigenvalue weighted by Crippen LogP contribution is -2.58. The monoisotopic (exact) mass is 1680 g/mol. The Balaban J connectivity index is 0.000000135. The van der Waals surface area contributed by atoms with Gasteiger partial charge in [0.1, 0.15) is 44.2 Å². The number of aryl methyl sites for hydroxylation is 4. The summed E-state index contributed by atoms with van der Waals surface area (Å²) in [6.07, 6.45) is 9.72. The van der Waals surface area contributed by atoms with E-state index < -0.39 is 112 Å². The number of hydrogen-bond donors (Lipinski definition) is 3. The van der Waals surface area contributed by atoms with E-state index in [4.69, 9.17) is 46.1 Å². The van der Waals surface area contributed by atoms with Gasteiger partial charge in [-0.15, -0.1) is 0 Å². The highest BCUT2D eigenvalue weighted by atomic mass is 32.2. The summed E-state index contributed by atoms with van der Waals surface area (Å²) in [4.78, 5) is 68.1. The van der Waals surface area contributed by atoms with Gasteiger partial charge in [0.2, 0.25) is 0 Å². The fraction of sp³-hybridized carbons (Fsp3) is 0.537. The van der Waals surface area contributed by atoms with Crippen LogP contribution in [0.4, 0.5) is 0 Å². The van der Waals surface area contributed by atoms with Gasteiger partial charge in [0.15, 0.2) is 25.9 Å². The molecule has 114 heavy (non-hydrogen) atoms. The van der Waals surface area contributed by atoms with Crippen molar-refractivity contribution < 1.29 is 67.7 Å². The number of ether oxygens (including phenoxy) is 4. The fourth-order valence-corrected chi connectivity index (χ4v) is 30.8. The lowest BCUT2D eigenvalue weighted by Gasteiger charge is -2.32. The molecule has 0 saturated carbocycles. The Kier molecular flexibility index (Phi) is 25.0. The minimum atomic E-state index is -3.51. The molecule has 34 heteroatoms. The van der Waals surface area contributed by atoms with Crippen LogP contribution in [0.25, 0.3) is 0 Å². The minimum absolute atomic E-state index is 0.000929. The van der Waals surface area contributed by atoms with Crippen molar-refractivity contribution in [3.8, 4) is 0 Å². The summed E-state index contributed by atoms with van der Waals surface area (Å²) < 4.78 is 127. The molecule has 0 radical (unpaired) electrons. The highest BCUT2D eigenvalue weighted by molar-refractivity contribution is 7.91. The van der Waals surface area contributed by atoms with E-state index in [-0.39, 0.29) is 72.3 Å². The van der Waals surface area contributed by atoms with Crippen LogP contribution in [0.5, 0.6) is 0 Å². The maximum Gasteiger partial charge on any atom is 0.330 e. The van der Waals surface area contributed by atoms with E-state index in [9.17, 15) is 40.8 Å². The second-order valence-corrected chi connectivity index (χ2v) is 44.4. The Morgan fingerprint density at radius 1 is 0.570 bits per heavy atom. The second-order valence-electron chi connectivity index (χ2n) is 31.9. The van der Waals surface area contributed by atoms with Crippen molar-refractivity contribution in [3.63, 3.8) is 0 Å². The van der Waals surface area contributed by atoms with Crippen molar-refractivity contribution in [2.24, 2.45) is 0 Å². The first kappa shape index (κ1) is 83.0. The van der Waals surface area contributed by atoms with Crippen LogP contribution in [0, 0.1) is 27.7 Å². The molecule has 4 aromatic carbocycles. The quantitative estimate of drug-likeness (QED) is 0.0420. The average molecular weight is 1680 g/mol. The van der Waals surface area contributed by atoms with Gasteiger partial charge in [-0.3, -0.25) is 33.5 Å². The van der Waals surface area contributed by atoms with Crippen LogP contribution in [0.2, 0.25) is 12.6 Å². The first-order valence-electron chi connectivity index (χ1n) is 39.8. The molecule has 614 valence electrons. The van der Waals surface area contributed by atoms with Gasteiger partial charge in [0.25, 0.3) is 42.6 Å². The third kappa shape index (κ3) is 16.9. The molecule has 10 fully saturated rings. The van der Waals surface area contributed by atoms with Crippen LogP contribution >= 0.6 is 25.6 Å². The third-order valence-electron chi connectivity index (χ3n) is 24.2. The first-order valence-corrected chi connectivity index (χ1v) is 49.2. The molecule has 3 unspecified atom stereocenters. The minimum Gasteiger partial charge on any atom is -0.368 e. The first-order chi connectivity index (χ1) is 54.6. The molecule has 11 aliphatic heterocycles. The second kappa shape index (κ2) is 34.3. The molecule has 6 aromatic rings. The number of aromatic amines is 2. The molecule has 11 aliphatic rings. The van der Waals surface area contributed by atoms with Crippen LogP contribution in [-0.4, -0.2) is 191 Å². The zero-order valence-electron chi connectivity index (χ0n) is 65.8. The molecular weight excluding hydrogens is 1580 g/mol. The SMILES string of the molecule is C=C1NC(=O)C(C)=CN1[C@H]1CC(O[P@@]2O[C@H](CS(=O)(=O)c3ccc(C)cc3)[C@@H]3CCCN32)[C@@H](CC)O1.CC[C@H]1O[C@@H](n2cc(C)c(=O)[nH]c2=O)CC1O[P@]1O[C@@H](CS(=O)(=O)c2ccc(C)cc2)[C@H]2CCCN21.CC[C@]12CO[C@@H](C1O[P@]1O[C@@H](C[Si](C)(c3ccccc3)c3ccccc3)[C@H]3CCCN31)[C@H](n1cc(C)c(=O)[nH]c1=O)O2. The number of nitrogens with one attached hydrogen (secondary N) is 3. The molecule has 10 saturated heterocycles. The Morgan fingerprint density at radius 3 is 1.51 bits per heavy atom. The van der Waals surface area contributed by atoms with Gasteiger partial charge in [-0.1, -0.05) is 140 Å². The molecular formula is C80H104N9O19P3S2Si. The molecule has 0 aliphatic carbocycles. The summed E-state index contributed by atoms with van der Waals surface area (Å²) in [5.74, 6) is 0.170. The lowest BCUT2D eigenvalue weighted by atomic mass is 9.96. The summed E-state index contributed by atoms with van der Waals surface area (Å²) in [6, 6.07) is 37.0.